The summed E-state index contributed by atoms with van der Waals surface area (Å²) >= 11 is 1.28. The van der Waals surface area contributed by atoms with E-state index in [0.717, 1.165) is 30.2 Å². The highest BCUT2D eigenvalue weighted by Gasteiger charge is 2.31. The molecule has 1 unspecified atom stereocenters. The SMILES string of the molecule is CCCCC(C)c1nnc(SCC(=O)O)n1C1CC1. The number of thioether (sulfide) groups is 1. The molecule has 1 heterocycles. The van der Waals surface area contributed by atoms with Crippen molar-refractivity contribution in [3.05, 3.63) is 5.82 Å². The highest BCUT2D eigenvalue weighted by Crippen LogP contribution is 2.40. The van der Waals surface area contributed by atoms with Crippen LogP contribution in [0.2, 0.25) is 0 Å². The topological polar surface area (TPSA) is 68.0 Å². The molecule has 0 aliphatic heterocycles. The lowest BCUT2D eigenvalue weighted by molar-refractivity contribution is -0.133. The minimum absolute atomic E-state index is 0.0498. The van der Waals surface area contributed by atoms with Gasteiger partial charge in [-0.15, -0.1) is 10.2 Å². The van der Waals surface area contributed by atoms with E-state index in [1.165, 1.54) is 24.6 Å². The van der Waals surface area contributed by atoms with Crippen LogP contribution in [-0.4, -0.2) is 31.6 Å². The van der Waals surface area contributed by atoms with Crippen molar-refractivity contribution in [3.63, 3.8) is 0 Å². The number of carboxylic acids is 1. The number of carbonyl (C=O) groups is 1. The first-order chi connectivity index (χ1) is 9.13. The predicted molar refractivity (Wildman–Crippen MR) is 74.6 cm³/mol. The van der Waals surface area contributed by atoms with Crippen LogP contribution < -0.4 is 0 Å². The molecule has 19 heavy (non-hydrogen) atoms. The second kappa shape index (κ2) is 6.41. The van der Waals surface area contributed by atoms with Crippen molar-refractivity contribution >= 4 is 17.7 Å². The molecule has 6 heteroatoms. The Kier molecular flexibility index (Phi) is 4.85. The van der Waals surface area contributed by atoms with Gasteiger partial charge in [0.2, 0.25) is 0 Å². The first-order valence-electron chi connectivity index (χ1n) is 6.92. The summed E-state index contributed by atoms with van der Waals surface area (Å²) in [5.74, 6) is 0.667. The molecule has 1 aliphatic rings. The van der Waals surface area contributed by atoms with Gasteiger partial charge in [0.15, 0.2) is 5.16 Å². The standard InChI is InChI=1S/C13H21N3O2S/c1-3-4-5-9(2)12-14-15-13(19-8-11(17)18)16(12)10-6-7-10/h9-10H,3-8H2,1-2H3,(H,17,18). The Balaban J connectivity index is 2.12. The molecule has 0 spiro atoms. The van der Waals surface area contributed by atoms with Crippen LogP contribution in [0, 0.1) is 0 Å². The van der Waals surface area contributed by atoms with Crippen molar-refractivity contribution < 1.29 is 9.90 Å². The zero-order chi connectivity index (χ0) is 13.8. The fraction of sp³-hybridized carbons (Fsp3) is 0.769. The second-order valence-electron chi connectivity index (χ2n) is 5.17. The van der Waals surface area contributed by atoms with Crippen molar-refractivity contribution in [2.75, 3.05) is 5.75 Å². The number of rotatable bonds is 8. The molecule has 1 aromatic rings. The van der Waals surface area contributed by atoms with Crippen LogP contribution in [0.25, 0.3) is 0 Å². The average molecular weight is 283 g/mol. The Morgan fingerprint density at radius 2 is 2.26 bits per heavy atom. The van der Waals surface area contributed by atoms with Gasteiger partial charge in [-0.05, 0) is 19.3 Å². The summed E-state index contributed by atoms with van der Waals surface area (Å²) in [6.45, 7) is 4.37. The Hall–Kier alpha value is -1.04. The molecule has 1 fully saturated rings. The minimum atomic E-state index is -0.809. The van der Waals surface area contributed by atoms with Crippen molar-refractivity contribution in [1.29, 1.82) is 0 Å². The van der Waals surface area contributed by atoms with E-state index in [-0.39, 0.29) is 5.75 Å². The van der Waals surface area contributed by atoms with Crippen molar-refractivity contribution in [2.45, 2.75) is 63.1 Å². The fourth-order valence-electron chi connectivity index (χ4n) is 2.16. The van der Waals surface area contributed by atoms with E-state index in [2.05, 4.69) is 28.6 Å². The highest BCUT2D eigenvalue weighted by molar-refractivity contribution is 7.99. The van der Waals surface area contributed by atoms with Gasteiger partial charge in [0.25, 0.3) is 0 Å². The van der Waals surface area contributed by atoms with E-state index in [0.29, 0.717) is 12.0 Å². The number of aromatic nitrogens is 3. The molecule has 0 bridgehead atoms. The van der Waals surface area contributed by atoms with Gasteiger partial charge < -0.3 is 9.67 Å². The number of aliphatic carboxylic acids is 1. The molecule has 0 aromatic carbocycles. The third kappa shape index (κ3) is 3.72. The van der Waals surface area contributed by atoms with Crippen LogP contribution in [0.4, 0.5) is 0 Å². The average Bonchev–Trinajstić information content (AvgIpc) is 3.13. The number of hydrogen-bond donors (Lipinski definition) is 1. The molecule has 1 atom stereocenters. The summed E-state index contributed by atoms with van der Waals surface area (Å²) < 4.78 is 2.17. The Labute approximate surface area is 117 Å². The van der Waals surface area contributed by atoms with Crippen LogP contribution in [0.5, 0.6) is 0 Å². The van der Waals surface area contributed by atoms with Crippen molar-refractivity contribution in [1.82, 2.24) is 14.8 Å². The maximum Gasteiger partial charge on any atom is 0.313 e. The van der Waals surface area contributed by atoms with Crippen LogP contribution in [0.3, 0.4) is 0 Å². The molecule has 2 rings (SSSR count). The molecule has 1 N–H and O–H groups in total. The summed E-state index contributed by atoms with van der Waals surface area (Å²) in [6.07, 6.45) is 5.81. The lowest BCUT2D eigenvalue weighted by atomic mass is 10.0. The van der Waals surface area contributed by atoms with Crippen LogP contribution >= 0.6 is 11.8 Å². The monoisotopic (exact) mass is 283 g/mol. The summed E-state index contributed by atoms with van der Waals surface area (Å²) in [5, 5.41) is 18.0. The number of nitrogens with zero attached hydrogens (tertiary/aromatic N) is 3. The van der Waals surface area contributed by atoms with E-state index >= 15 is 0 Å². The minimum Gasteiger partial charge on any atom is -0.481 e. The maximum absolute atomic E-state index is 10.7. The van der Waals surface area contributed by atoms with Gasteiger partial charge in [0.05, 0.1) is 5.75 Å². The van der Waals surface area contributed by atoms with E-state index in [1.54, 1.807) is 0 Å². The van der Waals surface area contributed by atoms with Gasteiger partial charge in [-0.25, -0.2) is 0 Å². The third-order valence-electron chi connectivity index (χ3n) is 3.36. The first-order valence-corrected chi connectivity index (χ1v) is 7.91. The highest BCUT2D eigenvalue weighted by atomic mass is 32.2. The van der Waals surface area contributed by atoms with Gasteiger partial charge in [-0.3, -0.25) is 4.79 Å². The molecule has 5 nitrogen and oxygen atoms in total. The Morgan fingerprint density at radius 3 is 2.84 bits per heavy atom. The van der Waals surface area contributed by atoms with Crippen molar-refractivity contribution in [2.24, 2.45) is 0 Å². The summed E-state index contributed by atoms with van der Waals surface area (Å²) in [6, 6.07) is 0.491. The molecular formula is C13H21N3O2S. The molecule has 106 valence electrons. The van der Waals surface area contributed by atoms with E-state index < -0.39 is 5.97 Å². The molecule has 1 saturated carbocycles. The molecule has 1 aromatic heterocycles. The Morgan fingerprint density at radius 1 is 1.53 bits per heavy atom. The molecule has 0 saturated heterocycles. The van der Waals surface area contributed by atoms with Crippen molar-refractivity contribution in [3.8, 4) is 0 Å². The zero-order valence-electron chi connectivity index (χ0n) is 11.5. The number of unbranched alkanes of at least 4 members (excludes halogenated alkanes) is 1. The largest absolute Gasteiger partial charge is 0.481 e. The first kappa shape index (κ1) is 14.4. The van der Waals surface area contributed by atoms with Gasteiger partial charge >= 0.3 is 5.97 Å². The normalized spacial score (nSPS) is 16.5. The van der Waals surface area contributed by atoms with E-state index in [4.69, 9.17) is 5.11 Å². The fourth-order valence-corrected chi connectivity index (χ4v) is 2.90. The van der Waals surface area contributed by atoms with E-state index in [9.17, 15) is 4.79 Å². The lowest BCUT2D eigenvalue weighted by Gasteiger charge is -2.13. The Bertz CT molecular complexity index is 443. The number of hydrogen-bond acceptors (Lipinski definition) is 4. The molecule has 0 radical (unpaired) electrons. The summed E-state index contributed by atoms with van der Waals surface area (Å²) in [4.78, 5) is 10.7. The lowest BCUT2D eigenvalue weighted by Crippen LogP contribution is -2.08. The van der Waals surface area contributed by atoms with Crippen LogP contribution in [-0.2, 0) is 4.79 Å². The van der Waals surface area contributed by atoms with Gasteiger partial charge in [-0.1, -0.05) is 38.5 Å². The predicted octanol–water partition coefficient (Wildman–Crippen LogP) is 3.08. The van der Waals surface area contributed by atoms with Crippen LogP contribution in [0.1, 0.15) is 63.7 Å². The molecular weight excluding hydrogens is 262 g/mol. The second-order valence-corrected chi connectivity index (χ2v) is 6.11. The molecule has 1 aliphatic carbocycles. The summed E-state index contributed by atoms with van der Waals surface area (Å²) in [5.41, 5.74) is 0. The van der Waals surface area contributed by atoms with E-state index in [1.807, 2.05) is 0 Å². The maximum atomic E-state index is 10.7. The van der Waals surface area contributed by atoms with Gasteiger partial charge in [0, 0.05) is 12.0 Å². The van der Waals surface area contributed by atoms with Gasteiger partial charge in [0.1, 0.15) is 5.82 Å². The smallest absolute Gasteiger partial charge is 0.313 e. The summed E-state index contributed by atoms with van der Waals surface area (Å²) in [7, 11) is 0. The third-order valence-corrected chi connectivity index (χ3v) is 4.29. The number of carboxylic acid groups (broad SMARTS) is 1. The molecule has 0 amide bonds. The van der Waals surface area contributed by atoms with Gasteiger partial charge in [-0.2, -0.15) is 0 Å². The zero-order valence-corrected chi connectivity index (χ0v) is 12.3. The quantitative estimate of drug-likeness (QED) is 0.742. The van der Waals surface area contributed by atoms with Crippen LogP contribution in [0.15, 0.2) is 5.16 Å².